The lowest BCUT2D eigenvalue weighted by molar-refractivity contribution is 0.0920. The molecule has 0 atom stereocenters. The van der Waals surface area contributed by atoms with Crippen molar-refractivity contribution >= 4 is 11.6 Å². The number of hydrogen-bond donors (Lipinski definition) is 1. The number of nitrogens with zero attached hydrogens (tertiary/aromatic N) is 3. The second kappa shape index (κ2) is 7.19. The van der Waals surface area contributed by atoms with E-state index >= 15 is 0 Å². The summed E-state index contributed by atoms with van der Waals surface area (Å²) in [5.41, 5.74) is 1.60. The topological polar surface area (TPSA) is 48.5 Å². The molecule has 1 saturated heterocycles. The van der Waals surface area contributed by atoms with Gasteiger partial charge in [0.2, 0.25) is 0 Å². The third-order valence-corrected chi connectivity index (χ3v) is 3.95. The molecule has 3 rings (SSSR count). The summed E-state index contributed by atoms with van der Waals surface area (Å²) in [7, 11) is 0. The molecular weight excluding hydrogens is 295 g/mol. The average Bonchev–Trinajstić information content (AvgIpc) is 2.61. The number of aromatic nitrogens is 1. The minimum absolute atomic E-state index is 0.112. The maximum atomic E-state index is 13.0. The Balaban J connectivity index is 1.46. The first kappa shape index (κ1) is 15.4. The fourth-order valence-electron chi connectivity index (χ4n) is 2.60. The summed E-state index contributed by atoms with van der Waals surface area (Å²) < 4.78 is 13.0. The number of carbonyl (C=O) groups is 1. The van der Waals surface area contributed by atoms with Gasteiger partial charge in [-0.05, 0) is 36.4 Å². The van der Waals surface area contributed by atoms with Crippen LogP contribution in [0.25, 0.3) is 0 Å². The molecule has 1 aliphatic rings. The van der Waals surface area contributed by atoms with Crippen LogP contribution in [0.4, 0.5) is 10.1 Å². The van der Waals surface area contributed by atoms with Gasteiger partial charge in [0.15, 0.2) is 0 Å². The van der Waals surface area contributed by atoms with E-state index in [-0.39, 0.29) is 11.7 Å². The van der Waals surface area contributed by atoms with E-state index in [1.807, 2.05) is 0 Å². The molecule has 1 fully saturated rings. The standard InChI is InChI=1S/C17H19FN4O/c18-15-3-5-16(6-4-15)22-10-8-21(9-11-22)13-20-17(23)14-2-1-7-19-12-14/h1-7,12H,8-11,13H2,(H,20,23). The molecule has 1 N–H and O–H groups in total. The molecule has 120 valence electrons. The number of anilines is 1. The minimum atomic E-state index is -0.217. The Kier molecular flexibility index (Phi) is 4.83. The third-order valence-electron chi connectivity index (χ3n) is 3.95. The van der Waals surface area contributed by atoms with E-state index in [0.717, 1.165) is 31.9 Å². The summed E-state index contributed by atoms with van der Waals surface area (Å²) in [6, 6.07) is 10.1. The number of carbonyl (C=O) groups excluding carboxylic acids is 1. The summed E-state index contributed by atoms with van der Waals surface area (Å²) in [6.45, 7) is 3.93. The highest BCUT2D eigenvalue weighted by atomic mass is 19.1. The largest absolute Gasteiger partial charge is 0.369 e. The number of halogens is 1. The third kappa shape index (κ3) is 4.04. The lowest BCUT2D eigenvalue weighted by Gasteiger charge is -2.36. The van der Waals surface area contributed by atoms with E-state index < -0.39 is 0 Å². The van der Waals surface area contributed by atoms with Gasteiger partial charge >= 0.3 is 0 Å². The zero-order chi connectivity index (χ0) is 16.1. The molecule has 5 nitrogen and oxygen atoms in total. The number of nitrogens with one attached hydrogen (secondary N) is 1. The van der Waals surface area contributed by atoms with Gasteiger partial charge in [0.25, 0.3) is 5.91 Å². The number of pyridine rings is 1. The first-order valence-corrected chi connectivity index (χ1v) is 7.63. The van der Waals surface area contributed by atoms with Crippen LogP contribution in [0.5, 0.6) is 0 Å². The molecule has 2 aromatic rings. The molecule has 0 saturated carbocycles. The Hall–Kier alpha value is -2.47. The number of amides is 1. The lowest BCUT2D eigenvalue weighted by atomic mass is 10.2. The van der Waals surface area contributed by atoms with Gasteiger partial charge in [-0.3, -0.25) is 14.7 Å². The number of benzene rings is 1. The number of rotatable bonds is 4. The van der Waals surface area contributed by atoms with Crippen LogP contribution in [0.1, 0.15) is 10.4 Å². The van der Waals surface area contributed by atoms with Crippen molar-refractivity contribution in [1.29, 1.82) is 0 Å². The summed E-state index contributed by atoms with van der Waals surface area (Å²) in [5, 5.41) is 2.91. The fraction of sp³-hybridized carbons (Fsp3) is 0.294. The van der Waals surface area contributed by atoms with Gasteiger partial charge in [0.05, 0.1) is 12.2 Å². The van der Waals surface area contributed by atoms with Gasteiger partial charge < -0.3 is 10.2 Å². The smallest absolute Gasteiger partial charge is 0.253 e. The van der Waals surface area contributed by atoms with Gasteiger partial charge in [-0.25, -0.2) is 4.39 Å². The maximum absolute atomic E-state index is 13.0. The quantitative estimate of drug-likeness (QED) is 0.934. The van der Waals surface area contributed by atoms with Gasteiger partial charge in [-0.15, -0.1) is 0 Å². The van der Waals surface area contributed by atoms with E-state index in [4.69, 9.17) is 0 Å². The molecule has 0 spiro atoms. The van der Waals surface area contributed by atoms with Crippen LogP contribution in [-0.4, -0.2) is 48.6 Å². The molecule has 2 heterocycles. The van der Waals surface area contributed by atoms with Crippen LogP contribution >= 0.6 is 0 Å². The van der Waals surface area contributed by atoms with Crippen molar-refractivity contribution in [3.8, 4) is 0 Å². The minimum Gasteiger partial charge on any atom is -0.369 e. The second-order valence-corrected chi connectivity index (χ2v) is 5.49. The molecule has 0 radical (unpaired) electrons. The Morgan fingerprint density at radius 1 is 1.13 bits per heavy atom. The predicted molar refractivity (Wildman–Crippen MR) is 86.8 cm³/mol. The number of piperazine rings is 1. The van der Waals surface area contributed by atoms with E-state index in [9.17, 15) is 9.18 Å². The summed E-state index contributed by atoms with van der Waals surface area (Å²) in [4.78, 5) is 20.3. The van der Waals surface area contributed by atoms with Gasteiger partial charge in [-0.1, -0.05) is 0 Å². The monoisotopic (exact) mass is 314 g/mol. The van der Waals surface area contributed by atoms with Crippen molar-refractivity contribution in [2.45, 2.75) is 0 Å². The Morgan fingerprint density at radius 3 is 2.52 bits per heavy atom. The molecule has 0 unspecified atom stereocenters. The Bertz CT molecular complexity index is 639. The van der Waals surface area contributed by atoms with Gasteiger partial charge in [0, 0.05) is 44.3 Å². The SMILES string of the molecule is O=C(NCN1CCN(c2ccc(F)cc2)CC1)c1cccnc1. The molecule has 0 bridgehead atoms. The zero-order valence-electron chi connectivity index (χ0n) is 12.8. The molecule has 1 aromatic carbocycles. The highest BCUT2D eigenvalue weighted by Gasteiger charge is 2.17. The highest BCUT2D eigenvalue weighted by Crippen LogP contribution is 2.16. The van der Waals surface area contributed by atoms with Gasteiger partial charge in [-0.2, -0.15) is 0 Å². The van der Waals surface area contributed by atoms with Crippen LogP contribution < -0.4 is 10.2 Å². The van der Waals surface area contributed by atoms with Crippen molar-refractivity contribution in [2.75, 3.05) is 37.7 Å². The fourth-order valence-corrected chi connectivity index (χ4v) is 2.60. The van der Waals surface area contributed by atoms with Crippen LogP contribution in [0.15, 0.2) is 48.8 Å². The normalized spacial score (nSPS) is 15.4. The molecule has 1 aliphatic heterocycles. The van der Waals surface area contributed by atoms with Crippen molar-refractivity contribution in [3.05, 3.63) is 60.2 Å². The first-order chi connectivity index (χ1) is 11.2. The van der Waals surface area contributed by atoms with E-state index in [2.05, 4.69) is 20.1 Å². The predicted octanol–water partition coefficient (Wildman–Crippen LogP) is 1.73. The molecule has 1 aromatic heterocycles. The van der Waals surface area contributed by atoms with E-state index in [1.54, 1.807) is 36.7 Å². The van der Waals surface area contributed by atoms with Crippen LogP contribution in [0.3, 0.4) is 0 Å². The summed E-state index contributed by atoms with van der Waals surface area (Å²) >= 11 is 0. The second-order valence-electron chi connectivity index (χ2n) is 5.49. The van der Waals surface area contributed by atoms with Crippen LogP contribution in [-0.2, 0) is 0 Å². The summed E-state index contributed by atoms with van der Waals surface area (Å²) in [6.07, 6.45) is 3.20. The van der Waals surface area contributed by atoms with E-state index in [1.165, 1.54) is 12.1 Å². The molecule has 1 amide bonds. The van der Waals surface area contributed by atoms with E-state index in [0.29, 0.717) is 12.2 Å². The average molecular weight is 314 g/mol. The van der Waals surface area contributed by atoms with Crippen LogP contribution in [0, 0.1) is 5.82 Å². The maximum Gasteiger partial charge on any atom is 0.253 e. The number of hydrogen-bond acceptors (Lipinski definition) is 4. The van der Waals surface area contributed by atoms with Crippen LogP contribution in [0.2, 0.25) is 0 Å². The van der Waals surface area contributed by atoms with Gasteiger partial charge in [0.1, 0.15) is 5.82 Å². The first-order valence-electron chi connectivity index (χ1n) is 7.63. The highest BCUT2D eigenvalue weighted by molar-refractivity contribution is 5.93. The van der Waals surface area contributed by atoms with Crippen molar-refractivity contribution in [1.82, 2.24) is 15.2 Å². The molecule has 0 aliphatic carbocycles. The lowest BCUT2D eigenvalue weighted by Crippen LogP contribution is -2.50. The van der Waals surface area contributed by atoms with Crippen molar-refractivity contribution in [2.24, 2.45) is 0 Å². The van der Waals surface area contributed by atoms with Crippen molar-refractivity contribution < 1.29 is 9.18 Å². The summed E-state index contributed by atoms with van der Waals surface area (Å²) in [5.74, 6) is -0.329. The Morgan fingerprint density at radius 2 is 1.87 bits per heavy atom. The molecule has 23 heavy (non-hydrogen) atoms. The molecule has 6 heteroatoms. The zero-order valence-corrected chi connectivity index (χ0v) is 12.8. The van der Waals surface area contributed by atoms with Crippen molar-refractivity contribution in [3.63, 3.8) is 0 Å². The Labute approximate surface area is 134 Å². The molecular formula is C17H19FN4O.